The van der Waals surface area contributed by atoms with E-state index in [0.717, 1.165) is 56.6 Å². The van der Waals surface area contributed by atoms with Crippen molar-refractivity contribution < 1.29 is 28.3 Å². The lowest BCUT2D eigenvalue weighted by Crippen LogP contribution is -2.49. The Kier molecular flexibility index (Phi) is 11.7. The molecule has 2 aromatic carbocycles. The number of aromatic nitrogens is 3. The number of rotatable bonds is 13. The molecule has 0 unspecified atom stereocenters. The molecule has 0 radical (unpaired) electrons. The van der Waals surface area contributed by atoms with E-state index < -0.39 is 11.8 Å². The number of nitrogens with zero attached hydrogens (tertiary/aromatic N) is 6. The van der Waals surface area contributed by atoms with Gasteiger partial charge in [-0.1, -0.05) is 35.1 Å². The van der Waals surface area contributed by atoms with Crippen molar-refractivity contribution in [3.63, 3.8) is 0 Å². The van der Waals surface area contributed by atoms with Crippen LogP contribution in [0.3, 0.4) is 0 Å². The molecule has 4 N–H and O–H groups in total. The largest absolute Gasteiger partial charge is 0.481 e. The summed E-state index contributed by atoms with van der Waals surface area (Å²) in [6.07, 6.45) is 3.84. The normalized spacial score (nSPS) is 14.9. The van der Waals surface area contributed by atoms with Crippen LogP contribution in [0.1, 0.15) is 28.1 Å². The second-order valence-corrected chi connectivity index (χ2v) is 13.4. The number of benzene rings is 2. The highest BCUT2D eigenvalue weighted by atomic mass is 35.5. The Labute approximate surface area is 307 Å². The first-order valence-electron chi connectivity index (χ1n) is 16.5. The van der Waals surface area contributed by atoms with Gasteiger partial charge in [0.2, 0.25) is 5.91 Å². The summed E-state index contributed by atoms with van der Waals surface area (Å²) in [5.41, 5.74) is 1.71. The van der Waals surface area contributed by atoms with Crippen LogP contribution in [0, 0.1) is 12.7 Å². The molecule has 2 aromatic heterocycles. The zero-order valence-electron chi connectivity index (χ0n) is 28.2. The van der Waals surface area contributed by atoms with E-state index >= 15 is 0 Å². The van der Waals surface area contributed by atoms with E-state index in [1.807, 2.05) is 25.1 Å². The fourth-order valence-corrected chi connectivity index (χ4v) is 6.60. The third-order valence-electron chi connectivity index (χ3n) is 8.39. The number of carbonyl (C=O) groups excluding carboxylic acids is 4. The Balaban J connectivity index is 0.888. The van der Waals surface area contributed by atoms with Gasteiger partial charge in [-0.25, -0.2) is 24.1 Å². The molecule has 5 amide bonds. The number of hydrogen-bond acceptors (Lipinski definition) is 12. The van der Waals surface area contributed by atoms with E-state index in [-0.39, 0.29) is 48.7 Å². The number of carbonyl (C=O) groups is 4. The van der Waals surface area contributed by atoms with E-state index in [4.69, 9.17) is 16.3 Å². The Hall–Kier alpha value is -5.39. The van der Waals surface area contributed by atoms with Gasteiger partial charge < -0.3 is 25.6 Å². The maximum atomic E-state index is 14.6. The summed E-state index contributed by atoms with van der Waals surface area (Å²) in [7, 11) is 0. The van der Waals surface area contributed by atoms with E-state index in [1.54, 1.807) is 6.07 Å². The molecular weight excluding hydrogens is 715 g/mol. The summed E-state index contributed by atoms with van der Waals surface area (Å²) >= 11 is 7.45. The molecule has 0 atom stereocenters. The van der Waals surface area contributed by atoms with Crippen LogP contribution in [0.4, 0.5) is 37.3 Å². The number of amides is 5. The van der Waals surface area contributed by atoms with E-state index in [2.05, 4.69) is 46.0 Å². The third-order valence-corrected chi connectivity index (χ3v) is 9.61. The standard InChI is InChI=1S/C34H36ClFN10O5S/c1-21-4-2-5-23(35)31(21)43-32(49)26-18-38-33(52-26)41-27-17-28(40-20-39-27)45-14-12-44(13-15-45)10-3-9-37-30(48)19-51-25-7-6-22(16-24(25)36)46-11-8-29(47)42-34(46)50/h2,4-7,16-18,20H,3,8-15,19H2,1H3,(H,37,48)(H,43,49)(H,42,47,50)(H,38,39,40,41). The van der Waals surface area contributed by atoms with Crippen LogP contribution in [-0.2, 0) is 9.59 Å². The lowest BCUT2D eigenvalue weighted by atomic mass is 10.2. The molecule has 15 nitrogen and oxygen atoms in total. The lowest BCUT2D eigenvalue weighted by Gasteiger charge is -2.35. The van der Waals surface area contributed by atoms with Crippen LogP contribution in [0.25, 0.3) is 0 Å². The summed E-state index contributed by atoms with van der Waals surface area (Å²) in [4.78, 5) is 67.7. The summed E-state index contributed by atoms with van der Waals surface area (Å²) in [6, 6.07) is 10.6. The number of ether oxygens (including phenoxy) is 1. The maximum absolute atomic E-state index is 14.6. The highest BCUT2D eigenvalue weighted by Crippen LogP contribution is 2.29. The Bertz CT molecular complexity index is 1940. The SMILES string of the molecule is Cc1cccc(Cl)c1NC(=O)c1cnc(Nc2cc(N3CCN(CCCNC(=O)COc4ccc(N5CCC(=O)NC5=O)cc4F)CC3)ncn2)s1. The molecule has 4 heterocycles. The third kappa shape index (κ3) is 9.28. The number of thiazole rings is 1. The molecular formula is C34H36ClFN10O5S. The van der Waals surface area contributed by atoms with Gasteiger partial charge in [0, 0.05) is 63.5 Å². The summed E-state index contributed by atoms with van der Waals surface area (Å²) in [5.74, 6) is -0.560. The van der Waals surface area contributed by atoms with Gasteiger partial charge in [-0.05, 0) is 43.7 Å². The van der Waals surface area contributed by atoms with E-state index in [0.29, 0.717) is 33.1 Å². The van der Waals surface area contributed by atoms with Crippen LogP contribution < -0.4 is 35.8 Å². The molecule has 2 aliphatic heterocycles. The summed E-state index contributed by atoms with van der Waals surface area (Å²) < 4.78 is 19.9. The first-order chi connectivity index (χ1) is 25.1. The quantitative estimate of drug-likeness (QED) is 0.144. The maximum Gasteiger partial charge on any atom is 0.328 e. The van der Waals surface area contributed by atoms with Gasteiger partial charge in [-0.2, -0.15) is 0 Å². The van der Waals surface area contributed by atoms with E-state index in [1.165, 1.54) is 40.9 Å². The molecule has 0 bridgehead atoms. The number of piperazine rings is 1. The average Bonchev–Trinajstić information content (AvgIpc) is 3.60. The van der Waals surface area contributed by atoms with Crippen LogP contribution in [0.15, 0.2) is 55.0 Å². The first-order valence-corrected chi connectivity index (χ1v) is 17.7. The first kappa shape index (κ1) is 36.4. The predicted octanol–water partition coefficient (Wildman–Crippen LogP) is 4.18. The number of urea groups is 1. The zero-order valence-corrected chi connectivity index (χ0v) is 29.7. The number of para-hydroxylation sites is 1. The molecule has 0 saturated carbocycles. The van der Waals surface area contributed by atoms with Crippen LogP contribution in [0.5, 0.6) is 5.75 Å². The number of halogens is 2. The van der Waals surface area contributed by atoms with Crippen LogP contribution in [-0.4, -0.2) is 96.0 Å². The van der Waals surface area contributed by atoms with Gasteiger partial charge >= 0.3 is 6.03 Å². The van der Waals surface area contributed by atoms with Crippen molar-refractivity contribution in [3.8, 4) is 5.75 Å². The van der Waals surface area contributed by atoms with Crippen LogP contribution >= 0.6 is 22.9 Å². The molecule has 0 aliphatic carbocycles. The predicted molar refractivity (Wildman–Crippen MR) is 195 cm³/mol. The molecule has 6 rings (SSSR count). The number of hydrogen-bond donors (Lipinski definition) is 4. The molecule has 2 fully saturated rings. The smallest absolute Gasteiger partial charge is 0.328 e. The molecule has 2 saturated heterocycles. The van der Waals surface area contributed by atoms with Crippen molar-refractivity contribution in [2.24, 2.45) is 0 Å². The molecule has 52 heavy (non-hydrogen) atoms. The summed E-state index contributed by atoms with van der Waals surface area (Å²) in [6.45, 7) is 6.02. The fraction of sp³-hybridized carbons (Fsp3) is 0.324. The topological polar surface area (TPSA) is 174 Å². The monoisotopic (exact) mass is 750 g/mol. The van der Waals surface area contributed by atoms with Gasteiger partial charge in [0.05, 0.1) is 16.9 Å². The molecule has 272 valence electrons. The number of anilines is 5. The Morgan fingerprint density at radius 2 is 1.88 bits per heavy atom. The van der Waals surface area contributed by atoms with Gasteiger partial charge in [0.1, 0.15) is 22.8 Å². The Morgan fingerprint density at radius 1 is 1.06 bits per heavy atom. The van der Waals surface area contributed by atoms with Crippen molar-refractivity contribution in [3.05, 3.63) is 76.3 Å². The van der Waals surface area contributed by atoms with Crippen molar-refractivity contribution in [1.29, 1.82) is 0 Å². The molecule has 18 heteroatoms. The Morgan fingerprint density at radius 3 is 2.65 bits per heavy atom. The highest BCUT2D eigenvalue weighted by Gasteiger charge is 2.25. The minimum Gasteiger partial charge on any atom is -0.481 e. The van der Waals surface area contributed by atoms with Gasteiger partial charge in [-0.15, -0.1) is 0 Å². The van der Waals surface area contributed by atoms with Crippen molar-refractivity contribution in [1.82, 2.24) is 30.5 Å². The fourth-order valence-electron chi connectivity index (χ4n) is 5.61. The van der Waals surface area contributed by atoms with Crippen molar-refractivity contribution in [2.75, 3.05) is 72.9 Å². The zero-order chi connectivity index (χ0) is 36.6. The number of nitrogens with one attached hydrogen (secondary N) is 4. The highest BCUT2D eigenvalue weighted by molar-refractivity contribution is 7.17. The van der Waals surface area contributed by atoms with Gasteiger partial charge in [-0.3, -0.25) is 29.5 Å². The lowest BCUT2D eigenvalue weighted by molar-refractivity contribution is -0.123. The van der Waals surface area contributed by atoms with Crippen molar-refractivity contribution >= 4 is 74.8 Å². The molecule has 2 aliphatic rings. The van der Waals surface area contributed by atoms with Gasteiger partial charge in [0.15, 0.2) is 23.3 Å². The molecule has 0 spiro atoms. The number of imide groups is 1. The minimum absolute atomic E-state index is 0.112. The average molecular weight is 751 g/mol. The van der Waals surface area contributed by atoms with Gasteiger partial charge in [0.25, 0.3) is 11.8 Å². The molecule has 4 aromatic rings. The second kappa shape index (κ2) is 16.8. The van der Waals surface area contributed by atoms with Crippen LogP contribution in [0.2, 0.25) is 5.02 Å². The second-order valence-electron chi connectivity index (χ2n) is 12.0. The van der Waals surface area contributed by atoms with E-state index in [9.17, 15) is 23.6 Å². The summed E-state index contributed by atoms with van der Waals surface area (Å²) in [5, 5.41) is 12.0. The van der Waals surface area contributed by atoms with Crippen molar-refractivity contribution in [2.45, 2.75) is 19.8 Å². The minimum atomic E-state index is -0.719. The number of aryl methyl sites for hydroxylation is 1.